The first kappa shape index (κ1) is 12.6. The van der Waals surface area contributed by atoms with Crippen LogP contribution in [-0.2, 0) is 0 Å². The second kappa shape index (κ2) is 4.78. The van der Waals surface area contributed by atoms with Crippen LogP contribution in [0, 0.1) is 13.8 Å². The van der Waals surface area contributed by atoms with E-state index in [9.17, 15) is 0 Å². The van der Waals surface area contributed by atoms with E-state index in [-0.39, 0.29) is 0 Å². The molecule has 0 amide bonds. The molecule has 1 unspecified atom stereocenters. The predicted octanol–water partition coefficient (Wildman–Crippen LogP) is 4.26. The fourth-order valence-electron chi connectivity index (χ4n) is 1.97. The molecule has 2 nitrogen and oxygen atoms in total. The Balaban J connectivity index is 2.46. The largest absolute Gasteiger partial charge is 0.375 e. The summed E-state index contributed by atoms with van der Waals surface area (Å²) in [6.07, 6.45) is 0. The van der Waals surface area contributed by atoms with Crippen LogP contribution < -0.4 is 5.73 Å². The highest BCUT2D eigenvalue weighted by Gasteiger charge is 2.17. The monoisotopic (exact) mass is 310 g/mol. The minimum atomic E-state index is 0.319. The maximum absolute atomic E-state index is 5.76. The van der Waals surface area contributed by atoms with Crippen LogP contribution in [0.1, 0.15) is 34.5 Å². The molecule has 0 saturated heterocycles. The van der Waals surface area contributed by atoms with Gasteiger partial charge in [0.2, 0.25) is 0 Å². The third-order valence-electron chi connectivity index (χ3n) is 2.86. The third-order valence-corrected chi connectivity index (χ3v) is 4.75. The van der Waals surface area contributed by atoms with Crippen molar-refractivity contribution in [2.24, 2.45) is 0 Å². The molecule has 2 aromatic rings. The third kappa shape index (κ3) is 2.53. The van der Waals surface area contributed by atoms with Gasteiger partial charge in [-0.15, -0.1) is 11.3 Å². The summed E-state index contributed by atoms with van der Waals surface area (Å²) in [6, 6.07) is 6.42. The molecule has 1 heterocycles. The topological polar surface area (TPSA) is 38.9 Å². The Labute approximate surface area is 114 Å². The Hall–Kier alpha value is -0.870. The average Bonchev–Trinajstić information content (AvgIpc) is 2.60. The Morgan fingerprint density at radius 3 is 2.65 bits per heavy atom. The van der Waals surface area contributed by atoms with Gasteiger partial charge < -0.3 is 5.73 Å². The van der Waals surface area contributed by atoms with Crippen LogP contribution >= 0.6 is 27.3 Å². The standard InChI is InChI=1S/C13H15BrN2S/c1-7-4-5-11(14)10(6-7)8(2)12-9(3)16-13(15)17-12/h4-6,8H,1-3H3,(H2,15,16). The van der Waals surface area contributed by atoms with Crippen molar-refractivity contribution in [3.8, 4) is 0 Å². The number of halogens is 1. The van der Waals surface area contributed by atoms with E-state index in [2.05, 4.69) is 53.0 Å². The second-order valence-electron chi connectivity index (χ2n) is 4.25. The molecule has 0 aliphatic carbocycles. The van der Waals surface area contributed by atoms with E-state index < -0.39 is 0 Å². The van der Waals surface area contributed by atoms with Crippen LogP contribution in [0.3, 0.4) is 0 Å². The van der Waals surface area contributed by atoms with Crippen LogP contribution in [0.5, 0.6) is 0 Å². The molecule has 0 saturated carbocycles. The first-order valence-corrected chi connectivity index (χ1v) is 7.09. The van der Waals surface area contributed by atoms with Gasteiger partial charge in [0.25, 0.3) is 0 Å². The predicted molar refractivity (Wildman–Crippen MR) is 77.7 cm³/mol. The number of thiazole rings is 1. The summed E-state index contributed by atoms with van der Waals surface area (Å²) >= 11 is 5.19. The summed E-state index contributed by atoms with van der Waals surface area (Å²) in [4.78, 5) is 5.53. The van der Waals surface area contributed by atoms with Crippen molar-refractivity contribution in [2.75, 3.05) is 5.73 Å². The van der Waals surface area contributed by atoms with Gasteiger partial charge in [-0.25, -0.2) is 4.98 Å². The molecule has 1 aromatic heterocycles. The minimum Gasteiger partial charge on any atom is -0.375 e. The molecular formula is C13H15BrN2S. The lowest BCUT2D eigenvalue weighted by molar-refractivity contribution is 0.918. The molecular weight excluding hydrogens is 296 g/mol. The molecule has 4 heteroatoms. The van der Waals surface area contributed by atoms with Crippen LogP contribution in [0.4, 0.5) is 5.13 Å². The molecule has 0 radical (unpaired) electrons. The van der Waals surface area contributed by atoms with E-state index in [0.717, 1.165) is 10.2 Å². The zero-order valence-electron chi connectivity index (χ0n) is 10.1. The molecule has 0 aliphatic heterocycles. The highest BCUT2D eigenvalue weighted by Crippen LogP contribution is 2.36. The highest BCUT2D eigenvalue weighted by atomic mass is 79.9. The molecule has 90 valence electrons. The summed E-state index contributed by atoms with van der Waals surface area (Å²) in [5, 5.41) is 0.646. The number of aromatic nitrogens is 1. The number of nitrogens with zero attached hydrogens (tertiary/aromatic N) is 1. The van der Waals surface area contributed by atoms with Gasteiger partial charge in [-0.2, -0.15) is 0 Å². The van der Waals surface area contributed by atoms with Crippen LogP contribution in [0.15, 0.2) is 22.7 Å². The van der Waals surface area contributed by atoms with Crippen LogP contribution in [-0.4, -0.2) is 4.98 Å². The van der Waals surface area contributed by atoms with Crippen LogP contribution in [0.2, 0.25) is 0 Å². The van der Waals surface area contributed by atoms with Gasteiger partial charge in [0.15, 0.2) is 5.13 Å². The lowest BCUT2D eigenvalue weighted by atomic mass is 9.97. The summed E-state index contributed by atoms with van der Waals surface area (Å²) in [7, 11) is 0. The molecule has 0 spiro atoms. The number of benzene rings is 1. The number of aryl methyl sites for hydroxylation is 2. The number of rotatable bonds is 2. The van der Waals surface area contributed by atoms with Crippen molar-refractivity contribution < 1.29 is 0 Å². The van der Waals surface area contributed by atoms with Gasteiger partial charge in [0.1, 0.15) is 0 Å². The van der Waals surface area contributed by atoms with E-state index >= 15 is 0 Å². The Bertz CT molecular complexity index is 548. The summed E-state index contributed by atoms with van der Waals surface area (Å²) in [5.41, 5.74) is 9.35. The van der Waals surface area contributed by atoms with Crippen molar-refractivity contribution in [1.82, 2.24) is 4.98 Å². The maximum atomic E-state index is 5.76. The van der Waals surface area contributed by atoms with Gasteiger partial charge in [0.05, 0.1) is 5.69 Å². The SMILES string of the molecule is Cc1ccc(Br)c(C(C)c2sc(N)nc2C)c1. The van der Waals surface area contributed by atoms with E-state index in [0.29, 0.717) is 11.0 Å². The molecule has 0 bridgehead atoms. The zero-order valence-corrected chi connectivity index (χ0v) is 12.5. The number of nitrogens with two attached hydrogens (primary N) is 1. The number of anilines is 1. The summed E-state index contributed by atoms with van der Waals surface area (Å²) in [5.74, 6) is 0.319. The van der Waals surface area contributed by atoms with Gasteiger partial charge in [-0.05, 0) is 25.5 Å². The number of hydrogen-bond donors (Lipinski definition) is 1. The summed E-state index contributed by atoms with van der Waals surface area (Å²) < 4.78 is 1.14. The molecule has 1 atom stereocenters. The van der Waals surface area contributed by atoms with Crippen molar-refractivity contribution >= 4 is 32.4 Å². The van der Waals surface area contributed by atoms with E-state index in [1.807, 2.05) is 6.92 Å². The van der Waals surface area contributed by atoms with Crippen LogP contribution in [0.25, 0.3) is 0 Å². The van der Waals surface area contributed by atoms with Gasteiger partial charge in [0, 0.05) is 15.3 Å². The van der Waals surface area contributed by atoms with Crippen molar-refractivity contribution in [3.05, 3.63) is 44.4 Å². The molecule has 17 heavy (non-hydrogen) atoms. The number of hydrogen-bond acceptors (Lipinski definition) is 3. The average molecular weight is 311 g/mol. The lowest BCUT2D eigenvalue weighted by Gasteiger charge is -2.13. The van der Waals surface area contributed by atoms with E-state index in [1.54, 1.807) is 11.3 Å². The smallest absolute Gasteiger partial charge is 0.180 e. The quantitative estimate of drug-likeness (QED) is 0.900. The fourth-order valence-corrected chi connectivity index (χ4v) is 3.46. The lowest BCUT2D eigenvalue weighted by Crippen LogP contribution is -1.97. The molecule has 2 rings (SSSR count). The molecule has 2 N–H and O–H groups in total. The Morgan fingerprint density at radius 2 is 2.06 bits per heavy atom. The zero-order chi connectivity index (χ0) is 12.6. The minimum absolute atomic E-state index is 0.319. The molecule has 1 aromatic carbocycles. The van der Waals surface area contributed by atoms with Crippen molar-refractivity contribution in [1.29, 1.82) is 0 Å². The fraction of sp³-hybridized carbons (Fsp3) is 0.308. The molecule has 0 fully saturated rings. The van der Waals surface area contributed by atoms with Gasteiger partial charge in [-0.1, -0.05) is 40.5 Å². The van der Waals surface area contributed by atoms with E-state index in [4.69, 9.17) is 5.73 Å². The normalized spacial score (nSPS) is 12.7. The van der Waals surface area contributed by atoms with Gasteiger partial charge >= 0.3 is 0 Å². The first-order chi connectivity index (χ1) is 7.99. The Kier molecular flexibility index (Phi) is 3.54. The first-order valence-electron chi connectivity index (χ1n) is 5.48. The maximum Gasteiger partial charge on any atom is 0.180 e. The molecule has 0 aliphatic rings. The van der Waals surface area contributed by atoms with Crippen molar-refractivity contribution in [2.45, 2.75) is 26.7 Å². The Morgan fingerprint density at radius 1 is 1.35 bits per heavy atom. The van der Waals surface area contributed by atoms with Gasteiger partial charge in [-0.3, -0.25) is 0 Å². The van der Waals surface area contributed by atoms with Crippen molar-refractivity contribution in [3.63, 3.8) is 0 Å². The second-order valence-corrected chi connectivity index (χ2v) is 6.16. The highest BCUT2D eigenvalue weighted by molar-refractivity contribution is 9.10. The summed E-state index contributed by atoms with van der Waals surface area (Å²) in [6.45, 7) is 6.32. The number of nitrogen functional groups attached to an aromatic ring is 1. The van der Waals surface area contributed by atoms with E-state index in [1.165, 1.54) is 16.0 Å².